The first-order valence-corrected chi connectivity index (χ1v) is 6.54. The normalized spacial score (nSPS) is 10.9. The second kappa shape index (κ2) is 6.55. The summed E-state index contributed by atoms with van der Waals surface area (Å²) in [4.78, 5) is 4.24. The molecular formula is C10H15NO3S2. The summed E-state index contributed by atoms with van der Waals surface area (Å²) in [7, 11) is 3.12. The fourth-order valence-corrected chi connectivity index (χ4v) is 1.34. The van der Waals surface area contributed by atoms with E-state index in [0.29, 0.717) is 34.4 Å². The molecule has 1 aromatic heterocycles. The molecule has 0 unspecified atom stereocenters. The van der Waals surface area contributed by atoms with E-state index in [1.54, 1.807) is 20.3 Å². The van der Waals surface area contributed by atoms with Gasteiger partial charge in [-0.2, -0.15) is 11.8 Å². The van der Waals surface area contributed by atoms with Crippen molar-refractivity contribution >= 4 is 28.4 Å². The Labute approximate surface area is 104 Å². The van der Waals surface area contributed by atoms with Gasteiger partial charge < -0.3 is 14.2 Å². The standard InChI is InChI=1S/C10H15NO3S2/c1-12-8-5-4-7(11-9(8)13-2)6-14-10(15)16-3/h4-5H,6,16H2,1-3H3. The Hall–Kier alpha value is -1.01. The van der Waals surface area contributed by atoms with Crippen molar-refractivity contribution in [3.05, 3.63) is 17.8 Å². The molecule has 0 aromatic carbocycles. The summed E-state index contributed by atoms with van der Waals surface area (Å²) in [5.74, 6) is 1.06. The molecule has 0 atom stereocenters. The van der Waals surface area contributed by atoms with Crippen LogP contribution >= 0.6 is 24.0 Å². The fraction of sp³-hybridized carbons (Fsp3) is 0.400. The Morgan fingerprint density at radius 2 is 2.12 bits per heavy atom. The van der Waals surface area contributed by atoms with Crippen molar-refractivity contribution in [3.8, 4) is 11.6 Å². The van der Waals surface area contributed by atoms with Crippen LogP contribution in [-0.2, 0) is 11.3 Å². The summed E-state index contributed by atoms with van der Waals surface area (Å²) in [5.41, 5.74) is 0.762. The Morgan fingerprint density at radius 1 is 1.38 bits per heavy atom. The van der Waals surface area contributed by atoms with Crippen LogP contribution in [0.1, 0.15) is 5.69 Å². The minimum absolute atomic E-state index is 0.361. The largest absolute Gasteiger partial charge is 0.491 e. The molecule has 1 heterocycles. The quantitative estimate of drug-likeness (QED) is 0.772. The van der Waals surface area contributed by atoms with E-state index in [9.17, 15) is 0 Å². The Kier molecular flexibility index (Phi) is 5.34. The van der Waals surface area contributed by atoms with Crippen molar-refractivity contribution < 1.29 is 14.2 Å². The van der Waals surface area contributed by atoms with E-state index >= 15 is 0 Å². The average molecular weight is 261 g/mol. The maximum absolute atomic E-state index is 5.34. The molecule has 0 amide bonds. The topological polar surface area (TPSA) is 40.6 Å². The molecule has 0 aliphatic heterocycles. The number of aromatic nitrogens is 1. The molecule has 0 aliphatic rings. The number of thiocarbonyl (C=S) groups is 1. The van der Waals surface area contributed by atoms with Crippen molar-refractivity contribution in [1.29, 1.82) is 0 Å². The van der Waals surface area contributed by atoms with Gasteiger partial charge in [-0.15, -0.1) is 0 Å². The lowest BCUT2D eigenvalue weighted by molar-refractivity contribution is 0.297. The van der Waals surface area contributed by atoms with E-state index < -0.39 is 0 Å². The van der Waals surface area contributed by atoms with Crippen molar-refractivity contribution in [2.45, 2.75) is 6.61 Å². The highest BCUT2D eigenvalue weighted by Crippen LogP contribution is 2.24. The number of nitrogens with zero attached hydrogens (tertiary/aromatic N) is 1. The Bertz CT molecular complexity index is 371. The molecular weight excluding hydrogens is 246 g/mol. The number of rotatable bonds is 4. The minimum atomic E-state index is 0.361. The van der Waals surface area contributed by atoms with Gasteiger partial charge in [0.1, 0.15) is 6.61 Å². The van der Waals surface area contributed by atoms with Gasteiger partial charge in [0.25, 0.3) is 5.88 Å². The Balaban J connectivity index is 2.71. The second-order valence-corrected chi connectivity index (χ2v) is 4.53. The number of hydrogen-bond donors (Lipinski definition) is 0. The third-order valence-corrected chi connectivity index (χ3v) is 3.13. The molecule has 0 spiro atoms. The van der Waals surface area contributed by atoms with Gasteiger partial charge in [-0.3, -0.25) is 0 Å². The molecule has 0 saturated carbocycles. The van der Waals surface area contributed by atoms with Crippen LogP contribution in [0.4, 0.5) is 0 Å². The van der Waals surface area contributed by atoms with Gasteiger partial charge in [0.05, 0.1) is 19.9 Å². The summed E-state index contributed by atoms with van der Waals surface area (Å²) in [6.45, 7) is 0.361. The average Bonchev–Trinajstić information content (AvgIpc) is 2.35. The van der Waals surface area contributed by atoms with Crippen LogP contribution in [0.15, 0.2) is 12.1 Å². The maximum atomic E-state index is 5.34. The summed E-state index contributed by atoms with van der Waals surface area (Å²) in [6.07, 6.45) is 1.98. The molecule has 1 aromatic rings. The molecule has 4 nitrogen and oxygen atoms in total. The molecule has 90 valence electrons. The first-order chi connectivity index (χ1) is 7.71. The molecule has 1 rings (SSSR count). The minimum Gasteiger partial charge on any atom is -0.491 e. The molecule has 0 bridgehead atoms. The van der Waals surface area contributed by atoms with Gasteiger partial charge >= 0.3 is 0 Å². The van der Waals surface area contributed by atoms with Gasteiger partial charge in [-0.05, 0) is 30.6 Å². The smallest absolute Gasteiger partial charge is 0.257 e. The maximum Gasteiger partial charge on any atom is 0.257 e. The van der Waals surface area contributed by atoms with Crippen LogP contribution in [0.3, 0.4) is 0 Å². The monoisotopic (exact) mass is 261 g/mol. The van der Waals surface area contributed by atoms with E-state index in [0.717, 1.165) is 5.69 Å². The Morgan fingerprint density at radius 3 is 2.69 bits per heavy atom. The molecule has 16 heavy (non-hydrogen) atoms. The number of ether oxygens (including phenoxy) is 3. The molecule has 0 radical (unpaired) electrons. The number of pyridine rings is 1. The first kappa shape index (κ1) is 13.1. The second-order valence-electron chi connectivity index (χ2n) is 2.84. The number of hydrogen-bond acceptors (Lipinski definition) is 5. The van der Waals surface area contributed by atoms with Gasteiger partial charge in [0, 0.05) is 0 Å². The molecule has 0 saturated heterocycles. The zero-order valence-corrected chi connectivity index (χ0v) is 11.3. The lowest BCUT2D eigenvalue weighted by Gasteiger charge is -2.09. The van der Waals surface area contributed by atoms with E-state index in [2.05, 4.69) is 4.98 Å². The molecule has 0 N–H and O–H groups in total. The molecule has 0 fully saturated rings. The van der Waals surface area contributed by atoms with Crippen molar-refractivity contribution in [3.63, 3.8) is 0 Å². The van der Waals surface area contributed by atoms with E-state index in [4.69, 9.17) is 26.4 Å². The molecule has 6 heteroatoms. The van der Waals surface area contributed by atoms with Crippen LogP contribution in [0.2, 0.25) is 0 Å². The predicted molar refractivity (Wildman–Crippen MR) is 71.0 cm³/mol. The fourth-order valence-electron chi connectivity index (χ4n) is 1.06. The van der Waals surface area contributed by atoms with Gasteiger partial charge in [-0.25, -0.2) is 4.98 Å². The number of methoxy groups -OCH3 is 2. The van der Waals surface area contributed by atoms with Gasteiger partial charge in [0.15, 0.2) is 10.1 Å². The highest BCUT2D eigenvalue weighted by atomic mass is 32.2. The van der Waals surface area contributed by atoms with Crippen LogP contribution in [0.5, 0.6) is 11.6 Å². The highest BCUT2D eigenvalue weighted by Gasteiger charge is 2.06. The third-order valence-electron chi connectivity index (χ3n) is 1.85. The lowest BCUT2D eigenvalue weighted by Crippen LogP contribution is -2.01. The van der Waals surface area contributed by atoms with Crippen molar-refractivity contribution in [1.82, 2.24) is 4.98 Å². The summed E-state index contributed by atoms with van der Waals surface area (Å²) in [5, 5.41) is 0. The van der Waals surface area contributed by atoms with E-state index in [1.807, 2.05) is 12.3 Å². The van der Waals surface area contributed by atoms with Crippen LogP contribution in [0.25, 0.3) is 0 Å². The zero-order valence-electron chi connectivity index (χ0n) is 9.44. The van der Waals surface area contributed by atoms with Gasteiger partial charge in [0.2, 0.25) is 0 Å². The zero-order chi connectivity index (χ0) is 12.0. The highest BCUT2D eigenvalue weighted by molar-refractivity contribution is 8.22. The van der Waals surface area contributed by atoms with Crippen molar-refractivity contribution in [2.24, 2.45) is 0 Å². The summed E-state index contributed by atoms with van der Waals surface area (Å²) >= 11 is 5.47. The van der Waals surface area contributed by atoms with E-state index in [1.165, 1.54) is 0 Å². The van der Waals surface area contributed by atoms with E-state index in [-0.39, 0.29) is 0 Å². The molecule has 0 aliphatic carbocycles. The third kappa shape index (κ3) is 3.53. The first-order valence-electron chi connectivity index (χ1n) is 4.63. The summed E-state index contributed by atoms with van der Waals surface area (Å²) < 4.78 is 16.1. The van der Waals surface area contributed by atoms with Crippen LogP contribution < -0.4 is 9.47 Å². The predicted octanol–water partition coefficient (Wildman–Crippen LogP) is 1.73. The van der Waals surface area contributed by atoms with Crippen molar-refractivity contribution in [2.75, 3.05) is 20.5 Å². The SMILES string of the molecule is COc1ccc(COC(=S)[SH2]C)nc1OC. The van der Waals surface area contributed by atoms with Crippen LogP contribution in [-0.4, -0.2) is 29.8 Å². The lowest BCUT2D eigenvalue weighted by atomic mass is 10.3. The summed E-state index contributed by atoms with van der Waals surface area (Å²) in [6, 6.07) is 3.62. The van der Waals surface area contributed by atoms with Gasteiger partial charge in [-0.1, -0.05) is 0 Å². The van der Waals surface area contributed by atoms with Crippen LogP contribution in [0, 0.1) is 0 Å².